The molecule has 65 heavy (non-hydrogen) atoms. The van der Waals surface area contributed by atoms with E-state index in [1.54, 1.807) is 78.9 Å². The first-order valence-electron chi connectivity index (χ1n) is 21.4. The van der Waals surface area contributed by atoms with Gasteiger partial charge in [-0.05, 0) is 54.8 Å². The Bertz CT molecular complexity index is 2400. The Morgan fingerprint density at radius 3 is 1.91 bits per heavy atom. The molecule has 2 saturated carbocycles. The van der Waals surface area contributed by atoms with Crippen LogP contribution < -0.4 is 5.32 Å². The molecular formula is C49H53NO15. The van der Waals surface area contributed by atoms with E-state index in [1.165, 1.54) is 39.8 Å². The number of benzene rings is 3. The number of hydrogen-bond donors (Lipinski definition) is 3. The van der Waals surface area contributed by atoms with E-state index in [2.05, 4.69) is 5.32 Å². The minimum Gasteiger partial charge on any atom is -0.461 e. The van der Waals surface area contributed by atoms with Crippen LogP contribution in [-0.2, 0) is 52.4 Å². The first kappa shape index (κ1) is 46.8. The molecule has 1 heterocycles. The van der Waals surface area contributed by atoms with Crippen molar-refractivity contribution in [3.63, 3.8) is 0 Å². The van der Waals surface area contributed by atoms with Crippen molar-refractivity contribution in [2.75, 3.05) is 6.61 Å². The van der Waals surface area contributed by atoms with Crippen LogP contribution >= 0.6 is 0 Å². The maximum atomic E-state index is 15.4. The van der Waals surface area contributed by atoms with Gasteiger partial charge in [0, 0.05) is 44.6 Å². The second kappa shape index (κ2) is 17.6. The quantitative estimate of drug-likeness (QED) is 0.139. The van der Waals surface area contributed by atoms with Gasteiger partial charge in [0.25, 0.3) is 5.91 Å². The number of esters is 5. The van der Waals surface area contributed by atoms with Crippen molar-refractivity contribution in [3.05, 3.63) is 119 Å². The van der Waals surface area contributed by atoms with Gasteiger partial charge in [-0.3, -0.25) is 24.0 Å². The number of rotatable bonds is 11. The molecule has 0 aromatic heterocycles. The van der Waals surface area contributed by atoms with Crippen LogP contribution in [0.5, 0.6) is 0 Å². The van der Waals surface area contributed by atoms with Crippen LogP contribution in [0.25, 0.3) is 0 Å². The lowest BCUT2D eigenvalue weighted by Gasteiger charge is -2.67. The van der Waals surface area contributed by atoms with Crippen molar-refractivity contribution in [3.8, 4) is 0 Å². The summed E-state index contributed by atoms with van der Waals surface area (Å²) in [5.74, 6) is -7.70. The molecule has 16 nitrogen and oxygen atoms in total. The van der Waals surface area contributed by atoms with Crippen molar-refractivity contribution >= 4 is 41.5 Å². The smallest absolute Gasteiger partial charge is 0.350 e. The van der Waals surface area contributed by atoms with Gasteiger partial charge in [0.15, 0.2) is 11.4 Å². The average molecular weight is 896 g/mol. The van der Waals surface area contributed by atoms with Crippen LogP contribution in [0.3, 0.4) is 0 Å². The molecule has 0 radical (unpaired) electrons. The molecule has 1 aliphatic heterocycles. The summed E-state index contributed by atoms with van der Waals surface area (Å²) < 4.78 is 36.2. The van der Waals surface area contributed by atoms with E-state index in [0.29, 0.717) is 5.56 Å². The molecule has 1 amide bonds. The third-order valence-electron chi connectivity index (χ3n) is 13.8. The maximum absolute atomic E-state index is 15.4. The van der Waals surface area contributed by atoms with E-state index in [9.17, 15) is 39.0 Å². The fourth-order valence-electron chi connectivity index (χ4n) is 10.6. The highest BCUT2D eigenvalue weighted by molar-refractivity contribution is 5.96. The molecule has 3 aromatic rings. The Labute approximate surface area is 375 Å². The standard InChI is InChI=1S/C49H53NO15/c1-26-33(63-45(58)39(62-28(3)52)37(30-17-11-8-12-18-30)50-43(56)31-19-13-9-14-20-31)24-49(59)42(64-44(57)32-21-15-10-16-22-32)40-47(7,41(55)38(54)36(26)46(49,5)6)34(61-27(2)51)23-35-48(40,25-60-35)65-29(4)53/h8-22,33-35,37-40,42,54,59H,23-25H2,1-7H3,(H,50,56)/t33-,34-,35+,37-,38+,39+,40-,42-,47+,48-,49+/m0/s1. The predicted molar refractivity (Wildman–Crippen MR) is 227 cm³/mol. The lowest BCUT2D eigenvalue weighted by atomic mass is 9.44. The fourth-order valence-corrected chi connectivity index (χ4v) is 10.6. The molecule has 4 aliphatic rings. The van der Waals surface area contributed by atoms with Crippen LogP contribution in [0.2, 0.25) is 0 Å². The van der Waals surface area contributed by atoms with Gasteiger partial charge >= 0.3 is 29.8 Å². The topological polar surface area (TPSA) is 227 Å². The second-order valence-corrected chi connectivity index (χ2v) is 17.9. The zero-order chi connectivity index (χ0) is 47.2. The molecule has 3 aliphatic carbocycles. The van der Waals surface area contributed by atoms with Gasteiger partial charge in [0.05, 0.1) is 23.5 Å². The first-order chi connectivity index (χ1) is 30.7. The average Bonchev–Trinajstić information content (AvgIpc) is 3.26. The van der Waals surface area contributed by atoms with E-state index < -0.39 is 119 Å². The Morgan fingerprint density at radius 1 is 0.785 bits per heavy atom. The van der Waals surface area contributed by atoms with Gasteiger partial charge < -0.3 is 44.0 Å². The lowest BCUT2D eigenvalue weighted by Crippen LogP contribution is -2.82. The highest BCUT2D eigenvalue weighted by atomic mass is 16.6. The first-order valence-corrected chi connectivity index (χ1v) is 21.4. The number of fused-ring (bicyclic) bond motifs is 5. The van der Waals surface area contributed by atoms with E-state index in [0.717, 1.165) is 20.8 Å². The van der Waals surface area contributed by atoms with Crippen LogP contribution in [0.1, 0.15) is 93.6 Å². The Morgan fingerprint density at radius 2 is 1.37 bits per heavy atom. The summed E-state index contributed by atoms with van der Waals surface area (Å²) in [5, 5.41) is 29.1. The fraction of sp³-hybridized carbons (Fsp3) is 0.449. The van der Waals surface area contributed by atoms with Gasteiger partial charge in [-0.1, -0.05) is 80.6 Å². The molecule has 11 atom stereocenters. The normalized spacial score (nSPS) is 30.8. The number of carbonyl (C=O) groups excluding carboxylic acids is 7. The molecule has 0 spiro atoms. The van der Waals surface area contributed by atoms with Gasteiger partial charge in [-0.15, -0.1) is 0 Å². The summed E-state index contributed by atoms with van der Waals surface area (Å²) in [6.45, 7) is 9.03. The van der Waals surface area contributed by atoms with Crippen LogP contribution in [0, 0.1) is 16.7 Å². The summed E-state index contributed by atoms with van der Waals surface area (Å²) >= 11 is 0. The number of Topliss-reactive ketones (excluding diaryl/α,β-unsaturated/α-hetero) is 1. The van der Waals surface area contributed by atoms with Crippen molar-refractivity contribution in [1.29, 1.82) is 0 Å². The molecule has 3 N–H and O–H groups in total. The largest absolute Gasteiger partial charge is 0.461 e. The Balaban J connectivity index is 1.40. The van der Waals surface area contributed by atoms with E-state index in [4.69, 9.17) is 28.4 Å². The van der Waals surface area contributed by atoms with Gasteiger partial charge in [-0.25, -0.2) is 9.59 Å². The molecule has 344 valence electrons. The molecule has 3 aromatic carbocycles. The number of nitrogens with one attached hydrogen (secondary N) is 1. The van der Waals surface area contributed by atoms with Crippen LogP contribution in [0.4, 0.5) is 0 Å². The second-order valence-electron chi connectivity index (χ2n) is 17.9. The van der Waals surface area contributed by atoms with E-state index >= 15 is 4.79 Å². The molecular weight excluding hydrogens is 843 g/mol. The summed E-state index contributed by atoms with van der Waals surface area (Å²) in [4.78, 5) is 96.8. The summed E-state index contributed by atoms with van der Waals surface area (Å²) in [6, 6.07) is 22.9. The van der Waals surface area contributed by atoms with Crippen molar-refractivity contribution in [2.45, 2.75) is 115 Å². The molecule has 1 saturated heterocycles. The lowest BCUT2D eigenvalue weighted by molar-refractivity contribution is -0.346. The number of ether oxygens (including phenoxy) is 6. The maximum Gasteiger partial charge on any atom is 0.350 e. The summed E-state index contributed by atoms with van der Waals surface area (Å²) in [5.41, 5.74) is -7.25. The number of amides is 1. The molecule has 0 unspecified atom stereocenters. The molecule has 3 fully saturated rings. The third kappa shape index (κ3) is 8.12. The van der Waals surface area contributed by atoms with Gasteiger partial charge in [0.1, 0.15) is 42.2 Å². The number of hydrogen-bond acceptors (Lipinski definition) is 15. The number of aliphatic hydroxyl groups is 2. The number of ketones is 1. The highest BCUT2D eigenvalue weighted by Crippen LogP contribution is 2.64. The molecule has 7 rings (SSSR count). The zero-order valence-electron chi connectivity index (χ0n) is 37.1. The molecule has 16 heteroatoms. The highest BCUT2D eigenvalue weighted by Gasteiger charge is 2.78. The third-order valence-corrected chi connectivity index (χ3v) is 13.8. The van der Waals surface area contributed by atoms with Crippen LogP contribution in [-0.4, -0.2) is 106 Å². The Kier molecular flexibility index (Phi) is 12.7. The SMILES string of the molecule is CC(=O)O[C@H]1C[C@H]2OC[C@@]2(OC(C)=O)[C@H]2[C@H](OC(=O)c3ccccc3)[C@]3(O)C[C@H](OC(=O)[C@H](OC(C)=O)[C@@H](NC(=O)c4ccccc4)c4ccccc4)C(C)=C([C@@H](O)C(=O)[C@]12C)C3(C)C. The summed E-state index contributed by atoms with van der Waals surface area (Å²) in [7, 11) is 0. The predicted octanol–water partition coefficient (Wildman–Crippen LogP) is 4.31. The summed E-state index contributed by atoms with van der Waals surface area (Å²) in [6.07, 6.45) is -10.4. The minimum atomic E-state index is -2.42. The van der Waals surface area contributed by atoms with E-state index in [-0.39, 0.29) is 35.3 Å². The monoisotopic (exact) mass is 895 g/mol. The number of carbonyl (C=O) groups is 7. The van der Waals surface area contributed by atoms with Crippen molar-refractivity contribution < 1.29 is 72.2 Å². The van der Waals surface area contributed by atoms with Crippen molar-refractivity contribution in [1.82, 2.24) is 5.32 Å². The van der Waals surface area contributed by atoms with Crippen molar-refractivity contribution in [2.24, 2.45) is 16.7 Å². The minimum absolute atomic E-state index is 0.0544. The molecule has 2 bridgehead atoms. The van der Waals surface area contributed by atoms with Crippen LogP contribution in [0.15, 0.2) is 102 Å². The van der Waals surface area contributed by atoms with E-state index in [1.807, 2.05) is 0 Å². The van der Waals surface area contributed by atoms with Gasteiger partial charge in [0.2, 0.25) is 6.10 Å². The Hall–Kier alpha value is -6.23. The number of aliphatic hydroxyl groups excluding tert-OH is 1. The van der Waals surface area contributed by atoms with Gasteiger partial charge in [-0.2, -0.15) is 0 Å². The zero-order valence-corrected chi connectivity index (χ0v) is 37.1.